The van der Waals surface area contributed by atoms with Gasteiger partial charge in [0.05, 0.1) is 17.3 Å². The van der Waals surface area contributed by atoms with Crippen molar-refractivity contribution in [3.8, 4) is 6.07 Å². The lowest BCUT2D eigenvalue weighted by Crippen LogP contribution is -2.30. The van der Waals surface area contributed by atoms with Crippen LogP contribution in [-0.2, 0) is 0 Å². The van der Waals surface area contributed by atoms with Gasteiger partial charge in [-0.05, 0) is 57.1 Å². The molecule has 0 amide bonds. The molecule has 1 aliphatic carbocycles. The summed E-state index contributed by atoms with van der Waals surface area (Å²) < 4.78 is 0. The van der Waals surface area contributed by atoms with Crippen LogP contribution in [0.25, 0.3) is 21.5 Å². The number of fused-ring (bicyclic) bond motifs is 5. The van der Waals surface area contributed by atoms with Gasteiger partial charge in [0, 0.05) is 5.92 Å². The third-order valence-electron chi connectivity index (χ3n) is 6.64. The second kappa shape index (κ2) is 6.22. The minimum atomic E-state index is 0.160. The van der Waals surface area contributed by atoms with Crippen molar-refractivity contribution in [2.45, 2.75) is 18.4 Å². The van der Waals surface area contributed by atoms with E-state index in [-0.39, 0.29) is 6.04 Å². The Hall–Kier alpha value is -3.57. The summed E-state index contributed by atoms with van der Waals surface area (Å²) >= 11 is 0. The van der Waals surface area contributed by atoms with Crippen molar-refractivity contribution in [1.29, 1.82) is 5.26 Å². The summed E-state index contributed by atoms with van der Waals surface area (Å²) in [5, 5.41) is 18.7. The van der Waals surface area contributed by atoms with E-state index in [1.807, 2.05) is 12.1 Å². The largest absolute Gasteiger partial charge is 0.377 e. The predicted octanol–water partition coefficient (Wildman–Crippen LogP) is 6.69. The normalized spacial score (nSPS) is 22.1. The molecule has 0 saturated carbocycles. The van der Waals surface area contributed by atoms with Gasteiger partial charge in [0.2, 0.25) is 0 Å². The van der Waals surface area contributed by atoms with Gasteiger partial charge in [-0.1, -0.05) is 72.8 Å². The maximum Gasteiger partial charge on any atom is 0.101 e. The number of nitrogens with zero attached hydrogens (tertiary/aromatic N) is 1. The van der Waals surface area contributed by atoms with Gasteiger partial charge in [-0.25, -0.2) is 0 Å². The lowest BCUT2D eigenvalue weighted by molar-refractivity contribution is 0.429. The Morgan fingerprint density at radius 2 is 1.59 bits per heavy atom. The van der Waals surface area contributed by atoms with E-state index in [1.54, 1.807) is 0 Å². The van der Waals surface area contributed by atoms with E-state index >= 15 is 0 Å². The number of nitriles is 1. The minimum Gasteiger partial charge on any atom is -0.377 e. The first kappa shape index (κ1) is 16.4. The second-order valence-electron chi connectivity index (χ2n) is 8.09. The summed E-state index contributed by atoms with van der Waals surface area (Å²) in [5.41, 5.74) is 4.35. The molecule has 1 N–H and O–H groups in total. The van der Waals surface area contributed by atoms with Crippen LogP contribution in [0.15, 0.2) is 84.9 Å². The quantitative estimate of drug-likeness (QED) is 0.298. The molecule has 0 saturated heterocycles. The zero-order chi connectivity index (χ0) is 19.4. The van der Waals surface area contributed by atoms with Crippen LogP contribution in [0.4, 0.5) is 5.69 Å². The molecule has 0 bridgehead atoms. The summed E-state index contributed by atoms with van der Waals surface area (Å²) in [6, 6.07) is 28.3. The molecule has 2 heteroatoms. The van der Waals surface area contributed by atoms with Crippen LogP contribution in [-0.4, -0.2) is 0 Å². The van der Waals surface area contributed by atoms with Crippen LogP contribution in [0.3, 0.4) is 0 Å². The number of allylic oxidation sites excluding steroid dienone is 2. The van der Waals surface area contributed by atoms with Crippen LogP contribution in [0, 0.1) is 17.2 Å². The Labute approximate surface area is 170 Å². The average Bonchev–Trinajstić information content (AvgIpc) is 3.27. The molecule has 0 aromatic heterocycles. The Kier molecular flexibility index (Phi) is 3.52. The van der Waals surface area contributed by atoms with Crippen molar-refractivity contribution in [1.82, 2.24) is 0 Å². The van der Waals surface area contributed by atoms with Crippen LogP contribution in [0.1, 0.15) is 35.1 Å². The smallest absolute Gasteiger partial charge is 0.101 e. The molecule has 29 heavy (non-hydrogen) atoms. The standard InChI is InChI=1S/C27H20N2/c28-16-19-9-5-13-23-22-12-6-14-24(22)27(29-26(19)23)25-20-10-3-1-7-17(20)15-18-8-2-4-11-21(18)25/h1-13,15,22,24,27,29H,14H2. The number of benzene rings is 4. The molecule has 0 radical (unpaired) electrons. The summed E-state index contributed by atoms with van der Waals surface area (Å²) in [4.78, 5) is 0. The predicted molar refractivity (Wildman–Crippen MR) is 119 cm³/mol. The van der Waals surface area contributed by atoms with Gasteiger partial charge in [0.25, 0.3) is 0 Å². The first-order valence-electron chi connectivity index (χ1n) is 10.2. The molecule has 138 valence electrons. The van der Waals surface area contributed by atoms with Crippen molar-refractivity contribution in [2.75, 3.05) is 5.32 Å². The van der Waals surface area contributed by atoms with Crippen LogP contribution in [0.5, 0.6) is 0 Å². The molecule has 2 aliphatic rings. The number of para-hydroxylation sites is 1. The van der Waals surface area contributed by atoms with Crippen molar-refractivity contribution in [3.63, 3.8) is 0 Å². The SMILES string of the molecule is N#Cc1cccc2c1NC(c1c3ccccc3cc3ccccc13)C1CC=CC21. The molecule has 6 rings (SSSR count). The molecule has 1 aliphatic heterocycles. The van der Waals surface area contributed by atoms with E-state index in [4.69, 9.17) is 0 Å². The van der Waals surface area contributed by atoms with Crippen molar-refractivity contribution >= 4 is 27.2 Å². The Balaban J connectivity index is 1.66. The molecule has 4 aromatic carbocycles. The second-order valence-corrected chi connectivity index (χ2v) is 8.09. The fraction of sp³-hybridized carbons (Fsp3) is 0.148. The highest BCUT2D eigenvalue weighted by molar-refractivity contribution is 6.03. The lowest BCUT2D eigenvalue weighted by Gasteiger charge is -2.39. The van der Waals surface area contributed by atoms with Gasteiger partial charge < -0.3 is 5.32 Å². The minimum absolute atomic E-state index is 0.160. The maximum absolute atomic E-state index is 9.73. The van der Waals surface area contributed by atoms with Crippen LogP contribution < -0.4 is 5.32 Å². The highest BCUT2D eigenvalue weighted by atomic mass is 15.0. The lowest BCUT2D eigenvalue weighted by atomic mass is 9.74. The Morgan fingerprint density at radius 1 is 0.862 bits per heavy atom. The van der Waals surface area contributed by atoms with Gasteiger partial charge in [-0.15, -0.1) is 0 Å². The highest BCUT2D eigenvalue weighted by Gasteiger charge is 2.39. The number of anilines is 1. The van der Waals surface area contributed by atoms with Gasteiger partial charge in [0.15, 0.2) is 0 Å². The molecule has 0 spiro atoms. The third-order valence-corrected chi connectivity index (χ3v) is 6.64. The van der Waals surface area contributed by atoms with Crippen LogP contribution >= 0.6 is 0 Å². The Morgan fingerprint density at radius 3 is 2.31 bits per heavy atom. The average molecular weight is 372 g/mol. The molecule has 3 atom stereocenters. The molecular weight excluding hydrogens is 352 g/mol. The van der Waals surface area contributed by atoms with Crippen molar-refractivity contribution in [3.05, 3.63) is 102 Å². The van der Waals surface area contributed by atoms with E-state index in [2.05, 4.69) is 84.2 Å². The molecule has 3 unspecified atom stereocenters. The van der Waals surface area contributed by atoms with Gasteiger partial charge in [-0.3, -0.25) is 0 Å². The van der Waals surface area contributed by atoms with E-state index < -0.39 is 0 Å². The topological polar surface area (TPSA) is 35.8 Å². The van der Waals surface area contributed by atoms with E-state index in [1.165, 1.54) is 32.7 Å². The van der Waals surface area contributed by atoms with E-state index in [0.717, 1.165) is 17.7 Å². The first-order valence-corrected chi connectivity index (χ1v) is 10.2. The first-order chi connectivity index (χ1) is 14.3. The van der Waals surface area contributed by atoms with E-state index in [9.17, 15) is 5.26 Å². The summed E-state index contributed by atoms with van der Waals surface area (Å²) in [5.74, 6) is 0.799. The zero-order valence-corrected chi connectivity index (χ0v) is 16.0. The zero-order valence-electron chi connectivity index (χ0n) is 16.0. The van der Waals surface area contributed by atoms with Gasteiger partial charge in [0.1, 0.15) is 6.07 Å². The highest BCUT2D eigenvalue weighted by Crippen LogP contribution is 2.52. The Bertz CT molecular complexity index is 1290. The van der Waals surface area contributed by atoms with Gasteiger partial charge in [-0.2, -0.15) is 5.26 Å². The molecule has 0 fully saturated rings. The monoisotopic (exact) mass is 372 g/mol. The molecule has 2 nitrogen and oxygen atoms in total. The summed E-state index contributed by atoms with van der Waals surface area (Å²) in [6.07, 6.45) is 5.70. The van der Waals surface area contributed by atoms with Crippen molar-refractivity contribution in [2.24, 2.45) is 5.92 Å². The number of rotatable bonds is 1. The van der Waals surface area contributed by atoms with Crippen molar-refractivity contribution < 1.29 is 0 Å². The summed E-state index contributed by atoms with van der Waals surface area (Å²) in [6.45, 7) is 0. The fourth-order valence-electron chi connectivity index (χ4n) is 5.38. The molecule has 4 aromatic rings. The maximum atomic E-state index is 9.73. The van der Waals surface area contributed by atoms with E-state index in [0.29, 0.717) is 11.8 Å². The number of nitrogens with one attached hydrogen (secondary N) is 1. The fourth-order valence-corrected chi connectivity index (χ4v) is 5.38. The number of hydrogen-bond donors (Lipinski definition) is 1. The van der Waals surface area contributed by atoms with Crippen LogP contribution in [0.2, 0.25) is 0 Å². The molecular formula is C27H20N2. The van der Waals surface area contributed by atoms with Gasteiger partial charge >= 0.3 is 0 Å². The number of hydrogen-bond acceptors (Lipinski definition) is 2. The third kappa shape index (κ3) is 2.34. The molecule has 1 heterocycles. The summed E-state index contributed by atoms with van der Waals surface area (Å²) in [7, 11) is 0.